The Kier molecular flexibility index (Phi) is 3.12. The second-order valence-corrected chi connectivity index (χ2v) is 4.64. The largest absolute Gasteiger partial charge is 0.334 e. The van der Waals surface area contributed by atoms with Crippen molar-refractivity contribution in [2.45, 2.75) is 13.5 Å². The number of aryl methyl sites for hydroxylation is 1. The lowest BCUT2D eigenvalue weighted by molar-refractivity contribution is 0.789. The summed E-state index contributed by atoms with van der Waals surface area (Å²) in [5.41, 5.74) is 8.90. The van der Waals surface area contributed by atoms with Crippen LogP contribution >= 0.6 is 15.9 Å². The van der Waals surface area contributed by atoms with Crippen LogP contribution < -0.4 is 5.73 Å². The van der Waals surface area contributed by atoms with Crippen molar-refractivity contribution in [1.82, 2.24) is 9.55 Å². The van der Waals surface area contributed by atoms with Crippen molar-refractivity contribution in [3.05, 3.63) is 40.3 Å². The normalized spacial score (nSPS) is 10.8. The highest BCUT2D eigenvalue weighted by atomic mass is 79.9. The lowest BCUT2D eigenvalue weighted by Crippen LogP contribution is -2.05. The summed E-state index contributed by atoms with van der Waals surface area (Å²) in [5.74, 6) is 0.982. The first-order valence-electron chi connectivity index (χ1n) is 5.11. The number of aromatic nitrogens is 2. The molecule has 0 aliphatic carbocycles. The molecule has 4 heteroatoms. The van der Waals surface area contributed by atoms with Crippen molar-refractivity contribution in [3.8, 4) is 11.3 Å². The predicted octanol–water partition coefficient (Wildman–Crippen LogP) is 2.62. The highest BCUT2D eigenvalue weighted by molar-refractivity contribution is 9.10. The summed E-state index contributed by atoms with van der Waals surface area (Å²) in [7, 11) is 1.99. The van der Waals surface area contributed by atoms with Crippen LogP contribution in [0.25, 0.3) is 11.3 Å². The molecule has 3 nitrogen and oxygen atoms in total. The zero-order chi connectivity index (χ0) is 11.7. The summed E-state index contributed by atoms with van der Waals surface area (Å²) in [4.78, 5) is 4.55. The van der Waals surface area contributed by atoms with E-state index in [-0.39, 0.29) is 0 Å². The van der Waals surface area contributed by atoms with Gasteiger partial charge in [0.1, 0.15) is 5.82 Å². The van der Waals surface area contributed by atoms with E-state index in [0.717, 1.165) is 27.2 Å². The first-order valence-corrected chi connectivity index (χ1v) is 5.91. The van der Waals surface area contributed by atoms with E-state index in [1.165, 1.54) is 0 Å². The quantitative estimate of drug-likeness (QED) is 0.919. The lowest BCUT2D eigenvalue weighted by Gasteiger charge is -2.03. The first kappa shape index (κ1) is 11.4. The molecule has 0 atom stereocenters. The Morgan fingerprint density at radius 1 is 1.44 bits per heavy atom. The number of hydrogen-bond acceptors (Lipinski definition) is 2. The second kappa shape index (κ2) is 4.39. The smallest absolute Gasteiger partial charge is 0.106 e. The number of imidazole rings is 1. The van der Waals surface area contributed by atoms with Crippen molar-refractivity contribution < 1.29 is 0 Å². The van der Waals surface area contributed by atoms with Gasteiger partial charge in [-0.25, -0.2) is 4.98 Å². The van der Waals surface area contributed by atoms with Crippen molar-refractivity contribution in [2.24, 2.45) is 12.8 Å². The maximum Gasteiger partial charge on any atom is 0.106 e. The third-order valence-electron chi connectivity index (χ3n) is 2.73. The van der Waals surface area contributed by atoms with E-state index in [4.69, 9.17) is 5.73 Å². The maximum atomic E-state index is 5.77. The van der Waals surface area contributed by atoms with E-state index in [9.17, 15) is 0 Å². The summed E-state index contributed by atoms with van der Waals surface area (Å²) in [6.45, 7) is 2.49. The summed E-state index contributed by atoms with van der Waals surface area (Å²) < 4.78 is 3.09. The van der Waals surface area contributed by atoms with E-state index in [1.54, 1.807) is 0 Å². The van der Waals surface area contributed by atoms with Gasteiger partial charge in [-0.05, 0) is 19.1 Å². The molecular weight excluding hydrogens is 266 g/mol. The molecule has 0 amide bonds. The molecule has 16 heavy (non-hydrogen) atoms. The molecule has 0 aliphatic heterocycles. The zero-order valence-corrected chi connectivity index (χ0v) is 11.0. The van der Waals surface area contributed by atoms with Gasteiger partial charge in [0.2, 0.25) is 0 Å². The Morgan fingerprint density at radius 2 is 2.19 bits per heavy atom. The lowest BCUT2D eigenvalue weighted by atomic mass is 10.1. The zero-order valence-electron chi connectivity index (χ0n) is 9.37. The molecule has 1 aromatic heterocycles. The molecule has 0 saturated carbocycles. The highest BCUT2D eigenvalue weighted by Gasteiger charge is 2.12. The molecule has 84 valence electrons. The molecule has 0 bridgehead atoms. The molecule has 2 aromatic rings. The highest BCUT2D eigenvalue weighted by Crippen LogP contribution is 2.25. The third-order valence-corrected chi connectivity index (χ3v) is 3.22. The molecule has 0 fully saturated rings. The Bertz CT molecular complexity index is 517. The summed E-state index contributed by atoms with van der Waals surface area (Å²) in [6, 6.07) is 8.11. The molecule has 2 N–H and O–H groups in total. The van der Waals surface area contributed by atoms with Gasteiger partial charge in [0, 0.05) is 23.6 Å². The molecule has 0 aliphatic rings. The number of benzene rings is 1. The van der Waals surface area contributed by atoms with E-state index < -0.39 is 0 Å². The van der Waals surface area contributed by atoms with Gasteiger partial charge in [0.15, 0.2) is 0 Å². The van der Waals surface area contributed by atoms with Gasteiger partial charge >= 0.3 is 0 Å². The topological polar surface area (TPSA) is 43.8 Å². The van der Waals surface area contributed by atoms with Crippen molar-refractivity contribution in [3.63, 3.8) is 0 Å². The summed E-state index contributed by atoms with van der Waals surface area (Å²) in [5, 5.41) is 0. The van der Waals surface area contributed by atoms with E-state index in [1.807, 2.05) is 36.7 Å². The van der Waals surface area contributed by atoms with Gasteiger partial charge in [0.25, 0.3) is 0 Å². The molecule has 0 saturated heterocycles. The Balaban J connectivity index is 2.60. The minimum Gasteiger partial charge on any atom is -0.334 e. The fourth-order valence-electron chi connectivity index (χ4n) is 1.76. The van der Waals surface area contributed by atoms with Crippen molar-refractivity contribution in [2.75, 3.05) is 0 Å². The van der Waals surface area contributed by atoms with Gasteiger partial charge in [-0.15, -0.1) is 0 Å². The molecular formula is C12H14BrN3. The first-order chi connectivity index (χ1) is 7.63. The van der Waals surface area contributed by atoms with Crippen LogP contribution in [0.4, 0.5) is 0 Å². The number of nitrogens with zero attached hydrogens (tertiary/aromatic N) is 2. The predicted molar refractivity (Wildman–Crippen MR) is 69.0 cm³/mol. The summed E-state index contributed by atoms with van der Waals surface area (Å²) in [6.07, 6.45) is 0. The second-order valence-electron chi connectivity index (χ2n) is 3.73. The van der Waals surface area contributed by atoms with Gasteiger partial charge in [-0.2, -0.15) is 0 Å². The molecule has 0 unspecified atom stereocenters. The van der Waals surface area contributed by atoms with E-state index in [0.29, 0.717) is 6.54 Å². The molecule has 1 heterocycles. The molecule has 0 spiro atoms. The SMILES string of the molecule is Cc1nc(-c2cccc(Br)c2)c(CN)n1C. The molecule has 1 aromatic carbocycles. The van der Waals surface area contributed by atoms with Crippen LogP contribution in [0, 0.1) is 6.92 Å². The van der Waals surface area contributed by atoms with Crippen molar-refractivity contribution >= 4 is 15.9 Å². The van der Waals surface area contributed by atoms with Gasteiger partial charge < -0.3 is 10.3 Å². The van der Waals surface area contributed by atoms with Crippen LogP contribution in [-0.4, -0.2) is 9.55 Å². The Labute approximate surface area is 103 Å². The maximum absolute atomic E-state index is 5.77. The van der Waals surface area contributed by atoms with Crippen LogP contribution in [0.2, 0.25) is 0 Å². The Morgan fingerprint density at radius 3 is 2.81 bits per heavy atom. The van der Waals surface area contributed by atoms with Gasteiger partial charge in [0.05, 0.1) is 11.4 Å². The van der Waals surface area contributed by atoms with Gasteiger partial charge in [-0.3, -0.25) is 0 Å². The van der Waals surface area contributed by atoms with Crippen molar-refractivity contribution in [1.29, 1.82) is 0 Å². The van der Waals surface area contributed by atoms with E-state index >= 15 is 0 Å². The van der Waals surface area contributed by atoms with Crippen LogP contribution in [0.15, 0.2) is 28.7 Å². The number of rotatable bonds is 2. The fraction of sp³-hybridized carbons (Fsp3) is 0.250. The fourth-order valence-corrected chi connectivity index (χ4v) is 2.16. The number of nitrogens with two attached hydrogens (primary N) is 1. The van der Waals surface area contributed by atoms with Crippen LogP contribution in [0.5, 0.6) is 0 Å². The standard InChI is InChI=1S/C12H14BrN3/c1-8-15-12(11(7-14)16(8)2)9-4-3-5-10(13)6-9/h3-6H,7,14H2,1-2H3. The van der Waals surface area contributed by atoms with Crippen LogP contribution in [0.1, 0.15) is 11.5 Å². The number of hydrogen-bond donors (Lipinski definition) is 1. The molecule has 0 radical (unpaired) electrons. The minimum absolute atomic E-state index is 0.499. The average Bonchev–Trinajstić information content (AvgIpc) is 2.55. The monoisotopic (exact) mass is 279 g/mol. The van der Waals surface area contributed by atoms with Gasteiger partial charge in [-0.1, -0.05) is 28.1 Å². The summed E-state index contributed by atoms with van der Waals surface area (Å²) >= 11 is 3.47. The average molecular weight is 280 g/mol. The number of halogens is 1. The minimum atomic E-state index is 0.499. The third kappa shape index (κ3) is 1.90. The van der Waals surface area contributed by atoms with Crippen LogP contribution in [-0.2, 0) is 13.6 Å². The van der Waals surface area contributed by atoms with E-state index in [2.05, 4.69) is 27.0 Å². The van der Waals surface area contributed by atoms with Crippen LogP contribution in [0.3, 0.4) is 0 Å². The Hall–Kier alpha value is -1.13. The molecule has 2 rings (SSSR count).